The zero-order chi connectivity index (χ0) is 17.2. The van der Waals surface area contributed by atoms with E-state index in [0.29, 0.717) is 11.0 Å². The van der Waals surface area contributed by atoms with Gasteiger partial charge in [-0.2, -0.15) is 4.52 Å². The van der Waals surface area contributed by atoms with E-state index >= 15 is 0 Å². The Balaban J connectivity index is 1.90. The number of esters is 1. The number of benzene rings is 2. The van der Waals surface area contributed by atoms with Crippen molar-refractivity contribution in [2.75, 3.05) is 12.9 Å². The van der Waals surface area contributed by atoms with Crippen molar-refractivity contribution in [2.24, 2.45) is 0 Å². The lowest BCUT2D eigenvalue weighted by atomic mass is 10.2. The van der Waals surface area contributed by atoms with Gasteiger partial charge in [-0.1, -0.05) is 54.2 Å². The van der Waals surface area contributed by atoms with Gasteiger partial charge in [0.2, 0.25) is 0 Å². The van der Waals surface area contributed by atoms with Crippen LogP contribution in [0.5, 0.6) is 0 Å². The molecule has 124 valence electrons. The van der Waals surface area contributed by atoms with Gasteiger partial charge in [-0.05, 0) is 12.1 Å². The Morgan fingerprint density at radius 2 is 1.84 bits per heavy atom. The number of hydrogen-bond acceptors (Lipinski definition) is 6. The van der Waals surface area contributed by atoms with Gasteiger partial charge in [0.05, 0.1) is 18.4 Å². The first-order valence-electron chi connectivity index (χ1n) is 7.67. The number of para-hydroxylation sites is 1. The van der Waals surface area contributed by atoms with Gasteiger partial charge in [0, 0.05) is 10.9 Å². The molecule has 0 aliphatic heterocycles. The molecule has 0 N–H and O–H groups in total. The van der Waals surface area contributed by atoms with Gasteiger partial charge in [-0.25, -0.2) is 9.97 Å². The zero-order valence-corrected chi connectivity index (χ0v) is 14.2. The van der Waals surface area contributed by atoms with E-state index in [-0.39, 0.29) is 11.7 Å². The van der Waals surface area contributed by atoms with Gasteiger partial charge in [0.15, 0.2) is 16.6 Å². The van der Waals surface area contributed by atoms with E-state index < -0.39 is 0 Å². The molecule has 4 rings (SSSR count). The normalized spacial score (nSPS) is 11.1. The highest BCUT2D eigenvalue weighted by Gasteiger charge is 2.15. The number of fused-ring (bicyclic) bond motifs is 3. The maximum Gasteiger partial charge on any atom is 0.316 e. The van der Waals surface area contributed by atoms with E-state index in [0.717, 1.165) is 22.1 Å². The second-order valence-corrected chi connectivity index (χ2v) is 6.26. The summed E-state index contributed by atoms with van der Waals surface area (Å²) in [6, 6.07) is 17.5. The van der Waals surface area contributed by atoms with E-state index in [1.165, 1.54) is 18.9 Å². The summed E-state index contributed by atoms with van der Waals surface area (Å²) in [4.78, 5) is 20.8. The Labute approximate surface area is 147 Å². The van der Waals surface area contributed by atoms with Crippen LogP contribution >= 0.6 is 11.8 Å². The fourth-order valence-corrected chi connectivity index (χ4v) is 3.29. The first kappa shape index (κ1) is 15.6. The van der Waals surface area contributed by atoms with Crippen LogP contribution in [0.3, 0.4) is 0 Å². The molecule has 0 unspecified atom stereocenters. The van der Waals surface area contributed by atoms with Gasteiger partial charge in [0.1, 0.15) is 0 Å². The minimum Gasteiger partial charge on any atom is -0.468 e. The molecule has 0 bridgehead atoms. The summed E-state index contributed by atoms with van der Waals surface area (Å²) >= 11 is 1.28. The minimum atomic E-state index is -0.309. The molecule has 0 saturated carbocycles. The van der Waals surface area contributed by atoms with E-state index in [9.17, 15) is 4.79 Å². The van der Waals surface area contributed by atoms with Crippen molar-refractivity contribution in [1.29, 1.82) is 0 Å². The Hall–Kier alpha value is -2.93. The average Bonchev–Trinajstić information content (AvgIpc) is 3.12. The average molecular weight is 350 g/mol. The molecule has 0 aliphatic rings. The van der Waals surface area contributed by atoms with Crippen LogP contribution < -0.4 is 0 Å². The topological polar surface area (TPSA) is 69.4 Å². The lowest BCUT2D eigenvalue weighted by molar-refractivity contribution is -0.137. The summed E-state index contributed by atoms with van der Waals surface area (Å²) in [5.41, 5.74) is 2.46. The molecule has 4 aromatic rings. The van der Waals surface area contributed by atoms with E-state index in [4.69, 9.17) is 9.72 Å². The third-order valence-corrected chi connectivity index (χ3v) is 4.63. The second-order valence-electron chi connectivity index (χ2n) is 5.31. The molecule has 6 nitrogen and oxygen atoms in total. The second kappa shape index (κ2) is 6.52. The van der Waals surface area contributed by atoms with E-state index in [1.807, 2.05) is 54.6 Å². The number of carbonyl (C=O) groups is 1. The molecule has 7 heteroatoms. The molecular formula is C18H14N4O2S. The first-order chi connectivity index (χ1) is 12.3. The Morgan fingerprint density at radius 3 is 2.64 bits per heavy atom. The number of hydrogen-bond donors (Lipinski definition) is 0. The summed E-state index contributed by atoms with van der Waals surface area (Å²) in [5, 5.41) is 6.13. The molecule has 0 amide bonds. The lowest BCUT2D eigenvalue weighted by Crippen LogP contribution is -2.06. The van der Waals surface area contributed by atoms with Crippen molar-refractivity contribution in [3.05, 3.63) is 54.6 Å². The fourth-order valence-electron chi connectivity index (χ4n) is 2.52. The summed E-state index contributed by atoms with van der Waals surface area (Å²) in [7, 11) is 1.37. The third kappa shape index (κ3) is 2.94. The van der Waals surface area contributed by atoms with Crippen LogP contribution in [0.15, 0.2) is 59.8 Å². The summed E-state index contributed by atoms with van der Waals surface area (Å²) in [6.07, 6.45) is 0. The number of rotatable bonds is 4. The van der Waals surface area contributed by atoms with Crippen LogP contribution in [0.4, 0.5) is 0 Å². The molecule has 0 aliphatic carbocycles. The van der Waals surface area contributed by atoms with Crippen LogP contribution in [0.1, 0.15) is 0 Å². The number of methoxy groups -OCH3 is 1. The molecule has 2 heterocycles. The Bertz CT molecular complexity index is 1060. The summed E-state index contributed by atoms with van der Waals surface area (Å²) in [5.74, 6) is 0.479. The van der Waals surface area contributed by atoms with Crippen LogP contribution in [0.2, 0.25) is 0 Å². The molecular weight excluding hydrogens is 336 g/mol. The van der Waals surface area contributed by atoms with Gasteiger partial charge in [-0.15, -0.1) is 5.10 Å². The molecule has 25 heavy (non-hydrogen) atoms. The number of aromatic nitrogens is 4. The molecule has 0 saturated heterocycles. The molecule has 2 aromatic carbocycles. The number of thioether (sulfide) groups is 1. The van der Waals surface area contributed by atoms with Crippen molar-refractivity contribution >= 4 is 34.3 Å². The number of carbonyl (C=O) groups excluding carboxylic acids is 1. The molecule has 2 aromatic heterocycles. The van der Waals surface area contributed by atoms with Gasteiger partial charge >= 0.3 is 5.97 Å². The van der Waals surface area contributed by atoms with Crippen LogP contribution in [0.25, 0.3) is 27.9 Å². The van der Waals surface area contributed by atoms with Crippen molar-refractivity contribution < 1.29 is 9.53 Å². The lowest BCUT2D eigenvalue weighted by Gasteiger charge is -2.05. The highest BCUT2D eigenvalue weighted by atomic mass is 32.2. The number of ether oxygens (including phenoxy) is 1. The van der Waals surface area contributed by atoms with Crippen LogP contribution in [0, 0.1) is 0 Å². The maximum atomic E-state index is 11.5. The van der Waals surface area contributed by atoms with Gasteiger partial charge in [-0.3, -0.25) is 4.79 Å². The quantitative estimate of drug-likeness (QED) is 0.320. The monoisotopic (exact) mass is 350 g/mol. The fraction of sp³-hybridized carbons (Fsp3) is 0.111. The summed E-state index contributed by atoms with van der Waals surface area (Å²) < 4.78 is 6.41. The Kier molecular flexibility index (Phi) is 4.07. The standard InChI is InChI=1S/C18H14N4O2S/c1-24-15(23)11-25-18-19-14-10-6-5-9-13(14)17-20-16(21-22(17)18)12-7-3-2-4-8-12/h2-10H,11H2,1H3. The van der Waals surface area contributed by atoms with E-state index in [2.05, 4.69) is 10.1 Å². The Morgan fingerprint density at radius 1 is 1.08 bits per heavy atom. The maximum absolute atomic E-state index is 11.5. The van der Waals surface area contributed by atoms with Gasteiger partial charge < -0.3 is 4.74 Å². The largest absolute Gasteiger partial charge is 0.468 e. The predicted octanol–water partition coefficient (Wildman–Crippen LogP) is 3.21. The highest BCUT2D eigenvalue weighted by molar-refractivity contribution is 7.99. The zero-order valence-electron chi connectivity index (χ0n) is 13.4. The summed E-state index contributed by atoms with van der Waals surface area (Å²) in [6.45, 7) is 0. The molecule has 0 radical (unpaired) electrons. The molecule has 0 atom stereocenters. The predicted molar refractivity (Wildman–Crippen MR) is 96.5 cm³/mol. The smallest absolute Gasteiger partial charge is 0.316 e. The SMILES string of the molecule is COC(=O)CSc1nc2ccccc2c2nc(-c3ccccc3)nn12. The highest BCUT2D eigenvalue weighted by Crippen LogP contribution is 2.26. The van der Waals surface area contributed by atoms with Crippen molar-refractivity contribution in [1.82, 2.24) is 19.6 Å². The van der Waals surface area contributed by atoms with Gasteiger partial charge in [0.25, 0.3) is 0 Å². The third-order valence-electron chi connectivity index (χ3n) is 3.73. The van der Waals surface area contributed by atoms with Crippen LogP contribution in [-0.2, 0) is 9.53 Å². The van der Waals surface area contributed by atoms with Crippen LogP contribution in [-0.4, -0.2) is 38.4 Å². The minimum absolute atomic E-state index is 0.164. The van der Waals surface area contributed by atoms with Crippen molar-refractivity contribution in [2.45, 2.75) is 5.16 Å². The molecule has 0 fully saturated rings. The number of nitrogens with zero attached hydrogens (tertiary/aromatic N) is 4. The first-order valence-corrected chi connectivity index (χ1v) is 8.65. The van der Waals surface area contributed by atoms with E-state index in [1.54, 1.807) is 4.52 Å². The van der Waals surface area contributed by atoms with Crippen molar-refractivity contribution in [3.63, 3.8) is 0 Å². The molecule has 0 spiro atoms. The van der Waals surface area contributed by atoms with Crippen molar-refractivity contribution in [3.8, 4) is 11.4 Å².